The molecule has 1 atom stereocenters. The van der Waals surface area contributed by atoms with E-state index in [1.807, 2.05) is 0 Å². The number of aryl methyl sites for hydroxylation is 1. The molecule has 6 heterocycles. The number of aromatic nitrogens is 4. The van der Waals surface area contributed by atoms with Crippen LogP contribution in [-0.2, 0) is 12.8 Å². The number of nitrogens with zero attached hydrogens (tertiary/aromatic N) is 5. The minimum Gasteiger partial charge on any atom is -0.309 e. The van der Waals surface area contributed by atoms with Gasteiger partial charge in [-0.2, -0.15) is 0 Å². The zero-order valence-electron chi connectivity index (χ0n) is 46.7. The molecule has 11 aromatic carbocycles. The fraction of sp³-hybridized carbons (Fsp3) is 0.101. The van der Waals surface area contributed by atoms with Gasteiger partial charge in [0.1, 0.15) is 11.7 Å². The Hall–Kier alpha value is -10.2. The lowest BCUT2D eigenvalue weighted by molar-refractivity contribution is 0.631. The highest BCUT2D eigenvalue weighted by Crippen LogP contribution is 2.49. The van der Waals surface area contributed by atoms with Crippen LogP contribution in [0, 0.1) is 0 Å². The van der Waals surface area contributed by atoms with Crippen molar-refractivity contribution >= 4 is 110 Å². The van der Waals surface area contributed by atoms with Gasteiger partial charge >= 0.3 is 0 Å². The molecule has 5 nitrogen and oxygen atoms in total. The van der Waals surface area contributed by atoms with Crippen LogP contribution in [0.25, 0.3) is 127 Å². The molecule has 1 aliphatic carbocycles. The Balaban J connectivity index is 1.02. The molecule has 4 bridgehead atoms. The van der Waals surface area contributed by atoms with Gasteiger partial charge in [-0.05, 0) is 150 Å². The molecule has 0 amide bonds. The quantitative estimate of drug-likeness (QED) is 0.165. The molecule has 2 aliphatic heterocycles. The first-order valence-electron chi connectivity index (χ1n) is 30.0. The van der Waals surface area contributed by atoms with Crippen LogP contribution in [0.1, 0.15) is 66.3 Å². The molecule has 1 unspecified atom stereocenters. The number of allylic oxidation sites excluding steroid dienone is 3. The van der Waals surface area contributed by atoms with Gasteiger partial charge in [-0.1, -0.05) is 195 Å². The van der Waals surface area contributed by atoms with Gasteiger partial charge in [-0.3, -0.25) is 9.13 Å². The average Bonchev–Trinajstić information content (AvgIpc) is 3.39. The number of rotatable bonds is 5. The van der Waals surface area contributed by atoms with Crippen molar-refractivity contribution in [3.8, 4) is 22.5 Å². The third-order valence-electron chi connectivity index (χ3n) is 19.2. The van der Waals surface area contributed by atoms with Crippen LogP contribution in [0.3, 0.4) is 0 Å². The van der Waals surface area contributed by atoms with Crippen molar-refractivity contribution in [2.24, 2.45) is 4.99 Å². The molecule has 5 heteroatoms. The molecule has 0 saturated heterocycles. The first-order chi connectivity index (χ1) is 41.7. The van der Waals surface area contributed by atoms with E-state index in [1.165, 1.54) is 127 Å². The van der Waals surface area contributed by atoms with Crippen molar-refractivity contribution < 1.29 is 0 Å². The summed E-state index contributed by atoms with van der Waals surface area (Å²) in [5, 5.41) is 9.99. The van der Waals surface area contributed by atoms with Gasteiger partial charge in [-0.25, -0.2) is 4.99 Å². The third kappa shape index (κ3) is 6.81. The highest BCUT2D eigenvalue weighted by atomic mass is 15.2. The smallest absolute Gasteiger partial charge is 0.143 e. The normalized spacial score (nSPS) is 16.1. The number of aliphatic imine (C=N–C) groups is 1. The van der Waals surface area contributed by atoms with E-state index in [4.69, 9.17) is 4.99 Å². The first kappa shape index (κ1) is 47.4. The molecule has 0 radical (unpaired) electrons. The Morgan fingerprint density at radius 2 is 0.881 bits per heavy atom. The van der Waals surface area contributed by atoms with Crippen LogP contribution in [-0.4, -0.2) is 24.1 Å². The second kappa shape index (κ2) is 18.4. The van der Waals surface area contributed by atoms with Crippen molar-refractivity contribution in [3.05, 3.63) is 282 Å². The monoisotopic (exact) mass is 1080 g/mol. The van der Waals surface area contributed by atoms with Gasteiger partial charge < -0.3 is 9.13 Å². The van der Waals surface area contributed by atoms with Crippen molar-refractivity contribution in [2.45, 2.75) is 51.4 Å². The molecule has 0 fully saturated rings. The van der Waals surface area contributed by atoms with Crippen molar-refractivity contribution in [3.63, 3.8) is 0 Å². The van der Waals surface area contributed by atoms with E-state index < -0.39 is 0 Å². The van der Waals surface area contributed by atoms with E-state index in [2.05, 4.69) is 274 Å². The van der Waals surface area contributed by atoms with E-state index in [-0.39, 0.29) is 5.92 Å². The molecular formula is C79H57N5. The summed E-state index contributed by atoms with van der Waals surface area (Å²) in [6.07, 6.45) is 5.31. The van der Waals surface area contributed by atoms with Crippen LogP contribution in [0.15, 0.2) is 259 Å². The van der Waals surface area contributed by atoms with Crippen molar-refractivity contribution in [1.29, 1.82) is 0 Å². The molecule has 4 aromatic heterocycles. The number of benzene rings is 11. The zero-order valence-corrected chi connectivity index (χ0v) is 46.7. The van der Waals surface area contributed by atoms with Crippen LogP contribution in [0.5, 0.6) is 0 Å². The van der Waals surface area contributed by atoms with Crippen LogP contribution < -0.4 is 0 Å². The SMILES string of the molecule is CCC1=C2CC/C(=C(/n3c4ccccc4c4ccccc43)N=C1n1c3ccccc3c3ccccc31)c1cc(CC3CCc4ccccc4-c4ccccc43)c3c4ccccc4n(c3c1)-c1cc(-n3c4ccccc4c4ccccc43)ccc12. The van der Waals surface area contributed by atoms with Gasteiger partial charge in [0.15, 0.2) is 0 Å². The lowest BCUT2D eigenvalue weighted by Crippen LogP contribution is -2.20. The summed E-state index contributed by atoms with van der Waals surface area (Å²) in [5.41, 5.74) is 25.0. The maximum absolute atomic E-state index is 6.44. The highest BCUT2D eigenvalue weighted by molar-refractivity contribution is 6.22. The second-order valence-electron chi connectivity index (χ2n) is 23.4. The molecule has 398 valence electrons. The Bertz CT molecular complexity index is 5250. The Labute approximate surface area is 486 Å². The van der Waals surface area contributed by atoms with Crippen molar-refractivity contribution in [2.75, 3.05) is 0 Å². The van der Waals surface area contributed by atoms with Crippen molar-refractivity contribution in [1.82, 2.24) is 18.3 Å². The van der Waals surface area contributed by atoms with Gasteiger partial charge in [0.25, 0.3) is 0 Å². The third-order valence-corrected chi connectivity index (χ3v) is 19.2. The summed E-state index contributed by atoms with van der Waals surface area (Å²) in [7, 11) is 0. The molecule has 0 saturated carbocycles. The Morgan fingerprint density at radius 1 is 0.393 bits per heavy atom. The Kier molecular flexibility index (Phi) is 10.4. The van der Waals surface area contributed by atoms with Crippen LogP contribution in [0.2, 0.25) is 0 Å². The van der Waals surface area contributed by atoms with E-state index in [9.17, 15) is 0 Å². The lowest BCUT2D eigenvalue weighted by atomic mass is 9.83. The van der Waals surface area contributed by atoms with Gasteiger partial charge in [0.05, 0.1) is 49.8 Å². The van der Waals surface area contributed by atoms with E-state index >= 15 is 0 Å². The maximum atomic E-state index is 6.44. The minimum atomic E-state index is 0.279. The Morgan fingerprint density at radius 3 is 1.48 bits per heavy atom. The summed E-state index contributed by atoms with van der Waals surface area (Å²) in [6, 6.07) is 93.9. The first-order valence-corrected chi connectivity index (χ1v) is 30.0. The number of fused-ring (bicyclic) bond motifs is 23. The number of para-hydroxylation sites is 7. The van der Waals surface area contributed by atoms with E-state index in [0.29, 0.717) is 0 Å². The molecule has 3 aliphatic rings. The molecule has 15 aromatic rings. The van der Waals surface area contributed by atoms with Crippen LogP contribution in [0.4, 0.5) is 0 Å². The zero-order chi connectivity index (χ0) is 55.1. The molecular weight excluding hydrogens is 1020 g/mol. The summed E-state index contributed by atoms with van der Waals surface area (Å²) in [6.45, 7) is 2.35. The van der Waals surface area contributed by atoms with Crippen LogP contribution >= 0.6 is 0 Å². The maximum Gasteiger partial charge on any atom is 0.143 e. The summed E-state index contributed by atoms with van der Waals surface area (Å²) in [4.78, 5) is 6.44. The fourth-order valence-corrected chi connectivity index (χ4v) is 15.6. The predicted molar refractivity (Wildman–Crippen MR) is 353 cm³/mol. The standard InChI is InChI=1S/C79H57N5/c1-2-54-59-44-43-57(79(84-72-36-18-11-29-64(72)65-30-12-19-37-73(65)84)80-78(54)83-70-34-16-9-27-62(70)63-28-10-17-35-71(63)83)51-46-52(45-50-40-39-49-21-3-4-22-55(49)58-24-6-5-23-56(50)58)77-67-31-13-20-38-74(67)82(76(77)47-51)75-48-53(41-42-66(59)75)81-68-32-14-7-25-60(68)61-26-8-15-33-69(61)81/h3-38,41-42,46-48,50H,2,39-40,43-45H2,1H3/b59-54?,79-57-,80-78?. The molecule has 0 spiro atoms. The second-order valence-corrected chi connectivity index (χ2v) is 23.4. The van der Waals surface area contributed by atoms with Gasteiger partial charge in [0, 0.05) is 59.9 Å². The summed E-state index contributed by atoms with van der Waals surface area (Å²) in [5.74, 6) is 2.21. The summed E-state index contributed by atoms with van der Waals surface area (Å²) >= 11 is 0. The topological polar surface area (TPSA) is 32.1 Å². The molecule has 0 N–H and O–H groups in total. The fourth-order valence-electron chi connectivity index (χ4n) is 15.6. The minimum absolute atomic E-state index is 0.279. The number of hydrogen-bond donors (Lipinski definition) is 0. The van der Waals surface area contributed by atoms with Gasteiger partial charge in [0.2, 0.25) is 0 Å². The van der Waals surface area contributed by atoms with E-state index in [1.54, 1.807) is 0 Å². The lowest BCUT2D eigenvalue weighted by Gasteiger charge is -2.28. The number of hydrogen-bond acceptors (Lipinski definition) is 1. The highest BCUT2D eigenvalue weighted by Gasteiger charge is 2.32. The molecule has 18 rings (SSSR count). The predicted octanol–water partition coefficient (Wildman–Crippen LogP) is 20.3. The molecule has 84 heavy (non-hydrogen) atoms. The average molecular weight is 1080 g/mol. The van der Waals surface area contributed by atoms with E-state index in [0.717, 1.165) is 77.9 Å². The summed E-state index contributed by atoms with van der Waals surface area (Å²) < 4.78 is 10.2. The largest absolute Gasteiger partial charge is 0.309 e. The van der Waals surface area contributed by atoms with Gasteiger partial charge in [-0.15, -0.1) is 0 Å².